The van der Waals surface area contributed by atoms with E-state index in [-0.39, 0.29) is 25.9 Å². The van der Waals surface area contributed by atoms with E-state index >= 15 is 0 Å². The van der Waals surface area contributed by atoms with Crippen LogP contribution in [-0.2, 0) is 10.3 Å². The lowest BCUT2D eigenvalue weighted by atomic mass is 9.84. The number of carbonyl (C=O) groups excluding carboxylic acids is 1. The van der Waals surface area contributed by atoms with E-state index in [9.17, 15) is 18.7 Å². The van der Waals surface area contributed by atoms with Crippen molar-refractivity contribution in [3.63, 3.8) is 0 Å². The third kappa shape index (κ3) is 5.53. The van der Waals surface area contributed by atoms with Crippen LogP contribution in [0.25, 0.3) is 0 Å². The van der Waals surface area contributed by atoms with Crippen LogP contribution in [0.1, 0.15) is 39.2 Å². The minimum Gasteiger partial charge on any atom is -0.444 e. The van der Waals surface area contributed by atoms with Gasteiger partial charge in [0.05, 0.1) is 5.60 Å². The first-order valence-corrected chi connectivity index (χ1v) is 11.2. The first-order valence-electron chi connectivity index (χ1n) is 9.60. The van der Waals surface area contributed by atoms with Crippen LogP contribution in [0.4, 0.5) is 13.6 Å². The number of amides is 1. The van der Waals surface area contributed by atoms with Crippen LogP contribution in [0.2, 0.25) is 0 Å². The number of hydrogen-bond donors (Lipinski definition) is 1. The highest BCUT2D eigenvalue weighted by Crippen LogP contribution is 2.42. The maximum absolute atomic E-state index is 14.3. The normalized spacial score (nSPS) is 16.4. The molecule has 1 aliphatic rings. The number of nitrogens with zero attached hydrogens (tertiary/aromatic N) is 1. The molecule has 0 saturated carbocycles. The van der Waals surface area contributed by atoms with Gasteiger partial charge in [-0.25, -0.2) is 13.6 Å². The molecule has 4 nitrogen and oxygen atoms in total. The van der Waals surface area contributed by atoms with Gasteiger partial charge in [0.1, 0.15) is 17.2 Å². The molecule has 3 rings (SSSR count). The quantitative estimate of drug-likeness (QED) is 0.554. The lowest BCUT2D eigenvalue weighted by molar-refractivity contribution is -0.0373. The first-order chi connectivity index (χ1) is 14.0. The molecule has 162 valence electrons. The van der Waals surface area contributed by atoms with E-state index in [0.717, 1.165) is 11.8 Å². The lowest BCUT2D eigenvalue weighted by Crippen LogP contribution is -2.47. The van der Waals surface area contributed by atoms with Gasteiger partial charge in [-0.05, 0) is 70.0 Å². The molecule has 0 aliphatic carbocycles. The zero-order chi connectivity index (χ0) is 22.1. The Bertz CT molecular complexity index is 940. The van der Waals surface area contributed by atoms with E-state index in [1.807, 2.05) is 0 Å². The molecule has 1 fully saturated rings. The lowest BCUT2D eigenvalue weighted by Gasteiger charge is -2.39. The summed E-state index contributed by atoms with van der Waals surface area (Å²) in [6.07, 6.45) is 0.0216. The van der Waals surface area contributed by atoms with Crippen LogP contribution in [0.5, 0.6) is 0 Å². The maximum Gasteiger partial charge on any atom is 0.410 e. The number of rotatable bonds is 3. The van der Waals surface area contributed by atoms with Gasteiger partial charge in [-0.1, -0.05) is 27.7 Å². The van der Waals surface area contributed by atoms with E-state index < -0.39 is 28.9 Å². The number of carbonyl (C=O) groups is 1. The predicted octanol–water partition coefficient (Wildman–Crippen LogP) is 6.10. The van der Waals surface area contributed by atoms with Gasteiger partial charge in [0.2, 0.25) is 0 Å². The average Bonchev–Trinajstić information content (AvgIpc) is 2.64. The fourth-order valence-corrected chi connectivity index (χ4v) is 4.64. The minimum atomic E-state index is -1.32. The van der Waals surface area contributed by atoms with Crippen molar-refractivity contribution >= 4 is 33.8 Å². The van der Waals surface area contributed by atoms with Crippen LogP contribution in [0, 0.1) is 11.6 Å². The molecule has 1 aliphatic heterocycles. The zero-order valence-electron chi connectivity index (χ0n) is 17.0. The van der Waals surface area contributed by atoms with E-state index in [4.69, 9.17) is 4.74 Å². The predicted molar refractivity (Wildman–Crippen MR) is 116 cm³/mol. The van der Waals surface area contributed by atoms with Crippen molar-refractivity contribution in [2.75, 3.05) is 13.1 Å². The number of benzene rings is 2. The van der Waals surface area contributed by atoms with Gasteiger partial charge in [0, 0.05) is 32.9 Å². The van der Waals surface area contributed by atoms with Gasteiger partial charge in [-0.3, -0.25) is 0 Å². The highest BCUT2D eigenvalue weighted by atomic mass is 79.9. The molecule has 1 N–H and O–H groups in total. The second kappa shape index (κ2) is 8.85. The molecule has 1 saturated heterocycles. The summed E-state index contributed by atoms with van der Waals surface area (Å²) in [5, 5.41) is 11.3. The second-order valence-electron chi connectivity index (χ2n) is 8.32. The summed E-state index contributed by atoms with van der Waals surface area (Å²) in [5.74, 6) is -0.884. The summed E-state index contributed by atoms with van der Waals surface area (Å²) in [6, 6.07) is 8.85. The molecular formula is C22H24BrF2NO3S. The molecule has 8 heteroatoms. The highest BCUT2D eigenvalue weighted by molar-refractivity contribution is 9.10. The van der Waals surface area contributed by atoms with E-state index in [2.05, 4.69) is 15.9 Å². The number of halogens is 3. The Hall–Kier alpha value is -1.64. The smallest absolute Gasteiger partial charge is 0.410 e. The molecule has 1 amide bonds. The molecular weight excluding hydrogens is 476 g/mol. The SMILES string of the molecule is CC(C)(C)OC(=O)N1CCC(O)(c2cc(F)ccc2Sc2ccc(Br)cc2F)CC1. The molecule has 0 spiro atoms. The van der Waals surface area contributed by atoms with Crippen LogP contribution in [0.3, 0.4) is 0 Å². The second-order valence-corrected chi connectivity index (χ2v) is 10.3. The van der Waals surface area contributed by atoms with Crippen molar-refractivity contribution in [1.82, 2.24) is 4.90 Å². The molecule has 2 aromatic carbocycles. The molecule has 0 bridgehead atoms. The Morgan fingerprint density at radius 2 is 1.77 bits per heavy atom. The van der Waals surface area contributed by atoms with Gasteiger partial charge < -0.3 is 14.7 Å². The van der Waals surface area contributed by atoms with Crippen molar-refractivity contribution in [3.8, 4) is 0 Å². The Balaban J connectivity index is 1.82. The maximum atomic E-state index is 14.3. The number of piperidine rings is 1. The van der Waals surface area contributed by atoms with Crippen molar-refractivity contribution in [3.05, 3.63) is 58.1 Å². The van der Waals surface area contributed by atoms with Crippen LogP contribution in [-0.4, -0.2) is 34.8 Å². The molecule has 0 atom stereocenters. The number of likely N-dealkylation sites (tertiary alicyclic amines) is 1. The molecule has 0 aromatic heterocycles. The van der Waals surface area contributed by atoms with Crippen molar-refractivity contribution in [1.29, 1.82) is 0 Å². The monoisotopic (exact) mass is 499 g/mol. The minimum absolute atomic E-state index is 0.228. The average molecular weight is 500 g/mol. The number of hydrogen-bond acceptors (Lipinski definition) is 4. The van der Waals surface area contributed by atoms with Gasteiger partial charge in [0.15, 0.2) is 0 Å². The van der Waals surface area contributed by atoms with E-state index in [1.165, 1.54) is 18.2 Å². The Morgan fingerprint density at radius 1 is 1.13 bits per heavy atom. The summed E-state index contributed by atoms with van der Waals surface area (Å²) >= 11 is 4.37. The third-order valence-electron chi connectivity index (χ3n) is 4.80. The van der Waals surface area contributed by atoms with E-state index in [1.54, 1.807) is 43.9 Å². The van der Waals surface area contributed by atoms with Crippen LogP contribution >= 0.6 is 27.7 Å². The summed E-state index contributed by atoms with van der Waals surface area (Å²) in [5.41, 5.74) is -1.53. The standard InChI is InChI=1S/C22H24BrF2NO3S/c1-21(2,3)29-20(27)26-10-8-22(28,9-11-26)16-13-15(24)5-7-18(16)30-19-6-4-14(23)12-17(19)25/h4-7,12-13,28H,8-11H2,1-3H3. The summed E-state index contributed by atoms with van der Waals surface area (Å²) in [6.45, 7) is 5.94. The van der Waals surface area contributed by atoms with Crippen LogP contribution in [0.15, 0.2) is 50.7 Å². The Morgan fingerprint density at radius 3 is 2.37 bits per heavy atom. The number of ether oxygens (including phenoxy) is 1. The topological polar surface area (TPSA) is 49.8 Å². The van der Waals surface area contributed by atoms with Crippen LogP contribution < -0.4 is 0 Å². The van der Waals surface area contributed by atoms with Gasteiger partial charge in [-0.15, -0.1) is 0 Å². The van der Waals surface area contributed by atoms with Gasteiger partial charge in [0.25, 0.3) is 0 Å². The highest BCUT2D eigenvalue weighted by Gasteiger charge is 2.38. The fourth-order valence-electron chi connectivity index (χ4n) is 3.29. The van der Waals surface area contributed by atoms with Crippen molar-refractivity contribution < 1.29 is 23.4 Å². The molecule has 0 unspecified atom stereocenters. The van der Waals surface area contributed by atoms with Crippen molar-refractivity contribution in [2.24, 2.45) is 0 Å². The summed E-state index contributed by atoms with van der Waals surface area (Å²) < 4.78 is 34.4. The van der Waals surface area contributed by atoms with Gasteiger partial charge >= 0.3 is 6.09 Å². The number of aliphatic hydroxyl groups is 1. The zero-order valence-corrected chi connectivity index (χ0v) is 19.4. The molecule has 30 heavy (non-hydrogen) atoms. The largest absolute Gasteiger partial charge is 0.444 e. The molecule has 2 aromatic rings. The third-order valence-corrected chi connectivity index (χ3v) is 6.42. The summed E-state index contributed by atoms with van der Waals surface area (Å²) in [7, 11) is 0. The molecule has 1 heterocycles. The Kier molecular flexibility index (Phi) is 6.79. The first kappa shape index (κ1) is 23.0. The summed E-state index contributed by atoms with van der Waals surface area (Å²) in [4.78, 5) is 14.8. The van der Waals surface area contributed by atoms with Crippen molar-refractivity contribution in [2.45, 2.75) is 54.6 Å². The Labute approximate surface area is 187 Å². The molecule has 0 radical (unpaired) electrons. The van der Waals surface area contributed by atoms with Gasteiger partial charge in [-0.2, -0.15) is 0 Å². The van der Waals surface area contributed by atoms with E-state index in [0.29, 0.717) is 19.8 Å². The fraction of sp³-hybridized carbons (Fsp3) is 0.409.